The Balaban J connectivity index is 1.97. The molecule has 0 unspecified atom stereocenters. The molecule has 0 saturated carbocycles. The molecule has 3 aromatic rings. The highest BCUT2D eigenvalue weighted by molar-refractivity contribution is 5.91. The van der Waals surface area contributed by atoms with Crippen LogP contribution in [-0.2, 0) is 14.3 Å². The van der Waals surface area contributed by atoms with Crippen molar-refractivity contribution in [3.63, 3.8) is 0 Å². The van der Waals surface area contributed by atoms with Crippen LogP contribution in [0.4, 0.5) is 10.1 Å². The number of nitrogens with zero attached hydrogens (tertiary/aromatic N) is 3. The molecule has 29 heavy (non-hydrogen) atoms. The number of anilines is 1. The van der Waals surface area contributed by atoms with Crippen molar-refractivity contribution in [2.75, 3.05) is 39.4 Å². The van der Waals surface area contributed by atoms with E-state index in [-0.39, 0.29) is 30.9 Å². The lowest BCUT2D eigenvalue weighted by Crippen LogP contribution is -2.17. The molecule has 3 rings (SSSR count). The highest BCUT2D eigenvalue weighted by Gasteiger charge is 2.16. The van der Waals surface area contributed by atoms with Crippen LogP contribution in [0.15, 0.2) is 48.5 Å². The third-order valence-electron chi connectivity index (χ3n) is 3.84. The van der Waals surface area contributed by atoms with Crippen molar-refractivity contribution in [1.29, 1.82) is 0 Å². The van der Waals surface area contributed by atoms with Crippen LogP contribution < -0.4 is 10.1 Å². The molecule has 1 heterocycles. The van der Waals surface area contributed by atoms with E-state index in [0.717, 1.165) is 0 Å². The molecule has 0 fully saturated rings. The Morgan fingerprint density at radius 1 is 1.10 bits per heavy atom. The maximum Gasteiger partial charge on any atom is 0.336 e. The lowest BCUT2D eigenvalue weighted by atomic mass is 10.2. The predicted octanol–water partition coefficient (Wildman–Crippen LogP) is 2.68. The summed E-state index contributed by atoms with van der Waals surface area (Å²) in [7, 11) is 3.01. The SMILES string of the molecule is COCCOc1nc(-c2cccc(F)c2)n(-c2cccc(NC(=O)COC)c2)n1. The van der Waals surface area contributed by atoms with Crippen molar-refractivity contribution in [3.05, 3.63) is 54.3 Å². The molecule has 0 atom stereocenters. The number of methoxy groups -OCH3 is 2. The molecule has 0 spiro atoms. The number of aromatic nitrogens is 3. The fourth-order valence-corrected chi connectivity index (χ4v) is 2.61. The summed E-state index contributed by atoms with van der Waals surface area (Å²) in [6.45, 7) is 0.598. The molecule has 0 aliphatic carbocycles. The first kappa shape index (κ1) is 20.4. The fourth-order valence-electron chi connectivity index (χ4n) is 2.61. The summed E-state index contributed by atoms with van der Waals surface area (Å²) in [5.74, 6) is -0.269. The Labute approximate surface area is 167 Å². The van der Waals surface area contributed by atoms with Gasteiger partial charge in [-0.05, 0) is 30.3 Å². The molecule has 8 nitrogen and oxygen atoms in total. The van der Waals surface area contributed by atoms with E-state index in [1.165, 1.54) is 23.9 Å². The lowest BCUT2D eigenvalue weighted by molar-refractivity contribution is -0.119. The van der Waals surface area contributed by atoms with Crippen molar-refractivity contribution < 1.29 is 23.4 Å². The average molecular weight is 400 g/mol. The third-order valence-corrected chi connectivity index (χ3v) is 3.84. The third kappa shape index (κ3) is 5.37. The molecular formula is C20H21FN4O4. The number of halogens is 1. The van der Waals surface area contributed by atoms with E-state index in [0.29, 0.717) is 29.4 Å². The van der Waals surface area contributed by atoms with E-state index in [4.69, 9.17) is 14.2 Å². The van der Waals surface area contributed by atoms with Crippen molar-refractivity contribution in [1.82, 2.24) is 14.8 Å². The Kier molecular flexibility index (Phi) is 6.88. The minimum Gasteiger partial charge on any atom is -0.460 e. The summed E-state index contributed by atoms with van der Waals surface area (Å²) < 4.78 is 30.6. The molecule has 0 aliphatic heterocycles. The molecule has 1 aromatic heterocycles. The second-order valence-corrected chi connectivity index (χ2v) is 6.01. The number of nitrogens with one attached hydrogen (secondary N) is 1. The predicted molar refractivity (Wildman–Crippen MR) is 105 cm³/mol. The van der Waals surface area contributed by atoms with E-state index < -0.39 is 0 Å². The van der Waals surface area contributed by atoms with Gasteiger partial charge in [-0.2, -0.15) is 4.98 Å². The average Bonchev–Trinajstić information content (AvgIpc) is 3.13. The van der Waals surface area contributed by atoms with Crippen LogP contribution in [0.5, 0.6) is 6.01 Å². The minimum absolute atomic E-state index is 0.0560. The molecule has 1 N–H and O–H groups in total. The van der Waals surface area contributed by atoms with Gasteiger partial charge in [0.25, 0.3) is 0 Å². The number of hydrogen-bond donors (Lipinski definition) is 1. The van der Waals surface area contributed by atoms with Gasteiger partial charge in [0, 0.05) is 25.5 Å². The summed E-state index contributed by atoms with van der Waals surface area (Å²) in [4.78, 5) is 16.2. The molecular weight excluding hydrogens is 379 g/mol. The van der Waals surface area contributed by atoms with Gasteiger partial charge in [-0.15, -0.1) is 5.10 Å². The molecule has 2 aromatic carbocycles. The van der Waals surface area contributed by atoms with Gasteiger partial charge in [0.1, 0.15) is 19.0 Å². The summed E-state index contributed by atoms with van der Waals surface area (Å²) in [5.41, 5.74) is 1.72. The van der Waals surface area contributed by atoms with E-state index in [1.807, 2.05) is 0 Å². The lowest BCUT2D eigenvalue weighted by Gasteiger charge is -2.09. The van der Waals surface area contributed by atoms with Gasteiger partial charge < -0.3 is 19.5 Å². The van der Waals surface area contributed by atoms with Gasteiger partial charge in [-0.3, -0.25) is 4.79 Å². The van der Waals surface area contributed by atoms with Crippen molar-refractivity contribution in [3.8, 4) is 23.1 Å². The zero-order valence-corrected chi connectivity index (χ0v) is 16.1. The monoisotopic (exact) mass is 400 g/mol. The highest BCUT2D eigenvalue weighted by atomic mass is 19.1. The Morgan fingerprint density at radius 3 is 2.69 bits per heavy atom. The van der Waals surface area contributed by atoms with Gasteiger partial charge in [0.2, 0.25) is 5.91 Å². The Bertz CT molecular complexity index is 977. The van der Waals surface area contributed by atoms with Gasteiger partial charge in [-0.25, -0.2) is 9.07 Å². The van der Waals surface area contributed by atoms with Crippen LogP contribution in [-0.4, -0.2) is 54.7 Å². The zero-order valence-electron chi connectivity index (χ0n) is 16.1. The maximum absolute atomic E-state index is 13.8. The molecule has 9 heteroatoms. The van der Waals surface area contributed by atoms with Crippen molar-refractivity contribution >= 4 is 11.6 Å². The van der Waals surface area contributed by atoms with Crippen LogP contribution in [0, 0.1) is 5.82 Å². The highest BCUT2D eigenvalue weighted by Crippen LogP contribution is 2.25. The van der Waals surface area contributed by atoms with Gasteiger partial charge >= 0.3 is 6.01 Å². The Morgan fingerprint density at radius 2 is 1.93 bits per heavy atom. The first-order valence-corrected chi connectivity index (χ1v) is 8.84. The van der Waals surface area contributed by atoms with Crippen molar-refractivity contribution in [2.45, 2.75) is 0 Å². The van der Waals surface area contributed by atoms with E-state index >= 15 is 0 Å². The normalized spacial score (nSPS) is 10.7. The summed E-state index contributed by atoms with van der Waals surface area (Å²) in [5, 5.41) is 7.12. The van der Waals surface area contributed by atoms with E-state index in [9.17, 15) is 9.18 Å². The molecule has 152 valence electrons. The number of amides is 1. The quantitative estimate of drug-likeness (QED) is 0.556. The topological polar surface area (TPSA) is 87.5 Å². The molecule has 0 radical (unpaired) electrons. The van der Waals surface area contributed by atoms with E-state index in [1.54, 1.807) is 43.5 Å². The van der Waals surface area contributed by atoms with E-state index in [2.05, 4.69) is 15.4 Å². The minimum atomic E-state index is -0.389. The first-order valence-electron chi connectivity index (χ1n) is 8.84. The Hall–Kier alpha value is -3.30. The van der Waals surface area contributed by atoms with Gasteiger partial charge in [0.05, 0.1) is 12.3 Å². The zero-order chi connectivity index (χ0) is 20.6. The van der Waals surface area contributed by atoms with Crippen LogP contribution in [0.2, 0.25) is 0 Å². The second-order valence-electron chi connectivity index (χ2n) is 6.01. The van der Waals surface area contributed by atoms with Crippen molar-refractivity contribution in [2.24, 2.45) is 0 Å². The largest absolute Gasteiger partial charge is 0.460 e. The summed E-state index contributed by atoms with van der Waals surface area (Å²) in [6.07, 6.45) is 0. The van der Waals surface area contributed by atoms with Crippen LogP contribution in [0.25, 0.3) is 17.1 Å². The summed E-state index contributed by atoms with van der Waals surface area (Å²) in [6, 6.07) is 13.2. The molecule has 0 saturated heterocycles. The number of benzene rings is 2. The van der Waals surface area contributed by atoms with Gasteiger partial charge in [0.15, 0.2) is 5.82 Å². The fraction of sp³-hybridized carbons (Fsp3) is 0.250. The number of hydrogen-bond acceptors (Lipinski definition) is 6. The van der Waals surface area contributed by atoms with Crippen LogP contribution in [0.1, 0.15) is 0 Å². The molecule has 0 bridgehead atoms. The smallest absolute Gasteiger partial charge is 0.336 e. The van der Waals surface area contributed by atoms with Gasteiger partial charge in [-0.1, -0.05) is 18.2 Å². The standard InChI is InChI=1S/C20H21FN4O4/c1-27-9-10-29-20-23-19(14-5-3-6-15(21)11-14)25(24-20)17-8-4-7-16(12-17)22-18(26)13-28-2/h3-8,11-12H,9-10,13H2,1-2H3,(H,22,26). The number of carbonyl (C=O) groups excluding carboxylic acids is 1. The maximum atomic E-state index is 13.8. The summed E-state index contributed by atoms with van der Waals surface area (Å²) >= 11 is 0. The number of ether oxygens (including phenoxy) is 3. The molecule has 1 amide bonds. The first-order chi connectivity index (χ1) is 14.1. The molecule has 0 aliphatic rings. The number of rotatable bonds is 9. The van der Waals surface area contributed by atoms with Crippen LogP contribution in [0.3, 0.4) is 0 Å². The number of carbonyl (C=O) groups is 1. The van der Waals surface area contributed by atoms with Crippen LogP contribution >= 0.6 is 0 Å². The second kappa shape index (κ2) is 9.76.